The molecule has 1 saturated carbocycles. The van der Waals surface area contributed by atoms with Gasteiger partial charge >= 0.3 is 0 Å². The summed E-state index contributed by atoms with van der Waals surface area (Å²) >= 11 is 7.33. The van der Waals surface area contributed by atoms with Crippen molar-refractivity contribution < 1.29 is 9.18 Å². The third kappa shape index (κ3) is 3.62. The Bertz CT molecular complexity index is 430. The first-order valence-electron chi connectivity index (χ1n) is 5.93. The van der Waals surface area contributed by atoms with Gasteiger partial charge in [-0.1, -0.05) is 17.7 Å². The average molecular weight is 288 g/mol. The van der Waals surface area contributed by atoms with Gasteiger partial charge < -0.3 is 5.32 Å². The van der Waals surface area contributed by atoms with Crippen molar-refractivity contribution in [2.75, 3.05) is 0 Å². The molecular weight excluding hydrogens is 273 g/mol. The number of thioether (sulfide) groups is 1. The average Bonchev–Trinajstić information content (AvgIpc) is 3.12. The molecule has 2 nitrogen and oxygen atoms in total. The summed E-state index contributed by atoms with van der Waals surface area (Å²) in [4.78, 5) is 11.7. The minimum Gasteiger partial charge on any atom is -0.352 e. The molecule has 1 fully saturated rings. The molecule has 0 unspecified atom stereocenters. The summed E-state index contributed by atoms with van der Waals surface area (Å²) < 4.78 is 13.5. The van der Waals surface area contributed by atoms with E-state index < -0.39 is 0 Å². The van der Waals surface area contributed by atoms with Crippen molar-refractivity contribution in [1.29, 1.82) is 0 Å². The van der Waals surface area contributed by atoms with Gasteiger partial charge in [0, 0.05) is 22.4 Å². The highest BCUT2D eigenvalue weighted by Crippen LogP contribution is 2.27. The maximum absolute atomic E-state index is 13.5. The van der Waals surface area contributed by atoms with Crippen LogP contribution in [0.15, 0.2) is 18.2 Å². The predicted octanol–water partition coefficient (Wildman–Crippen LogP) is 3.38. The van der Waals surface area contributed by atoms with Crippen LogP contribution in [0.4, 0.5) is 4.39 Å². The molecule has 2 rings (SSSR count). The van der Waals surface area contributed by atoms with E-state index in [1.807, 2.05) is 6.92 Å². The Morgan fingerprint density at radius 2 is 2.33 bits per heavy atom. The van der Waals surface area contributed by atoms with Crippen LogP contribution in [0, 0.1) is 5.82 Å². The Morgan fingerprint density at radius 3 is 2.94 bits per heavy atom. The van der Waals surface area contributed by atoms with Gasteiger partial charge in [-0.2, -0.15) is 0 Å². The van der Waals surface area contributed by atoms with Gasteiger partial charge in [0.2, 0.25) is 5.91 Å². The number of benzene rings is 1. The zero-order valence-corrected chi connectivity index (χ0v) is 11.7. The quantitative estimate of drug-likeness (QED) is 0.899. The van der Waals surface area contributed by atoms with Crippen LogP contribution in [0.1, 0.15) is 25.3 Å². The van der Waals surface area contributed by atoms with Crippen LogP contribution < -0.4 is 5.32 Å². The van der Waals surface area contributed by atoms with Gasteiger partial charge in [0.25, 0.3) is 0 Å². The van der Waals surface area contributed by atoms with Crippen molar-refractivity contribution in [1.82, 2.24) is 5.32 Å². The van der Waals surface area contributed by atoms with Crippen molar-refractivity contribution in [3.05, 3.63) is 34.6 Å². The zero-order valence-electron chi connectivity index (χ0n) is 10.1. The van der Waals surface area contributed by atoms with Crippen LogP contribution in [0.3, 0.4) is 0 Å². The van der Waals surface area contributed by atoms with E-state index >= 15 is 0 Å². The van der Waals surface area contributed by atoms with Crippen LogP contribution >= 0.6 is 23.4 Å². The summed E-state index contributed by atoms with van der Waals surface area (Å²) in [5, 5.41) is 3.15. The highest BCUT2D eigenvalue weighted by atomic mass is 35.5. The normalized spacial score (nSPS) is 16.4. The Morgan fingerprint density at radius 1 is 1.61 bits per heavy atom. The fourth-order valence-corrected chi connectivity index (χ4v) is 2.74. The van der Waals surface area contributed by atoms with E-state index in [0.717, 1.165) is 12.8 Å². The van der Waals surface area contributed by atoms with Crippen molar-refractivity contribution >= 4 is 29.3 Å². The number of rotatable bonds is 5. The van der Waals surface area contributed by atoms with E-state index in [-0.39, 0.29) is 17.0 Å². The van der Waals surface area contributed by atoms with Gasteiger partial charge in [-0.25, -0.2) is 4.39 Å². The zero-order chi connectivity index (χ0) is 13.1. The van der Waals surface area contributed by atoms with E-state index in [0.29, 0.717) is 22.4 Å². The number of hydrogen-bond donors (Lipinski definition) is 1. The number of hydrogen-bond acceptors (Lipinski definition) is 2. The van der Waals surface area contributed by atoms with E-state index in [4.69, 9.17) is 11.6 Å². The van der Waals surface area contributed by atoms with Crippen molar-refractivity contribution in [3.63, 3.8) is 0 Å². The maximum Gasteiger partial charge on any atom is 0.233 e. The lowest BCUT2D eigenvalue weighted by atomic mass is 10.2. The first-order chi connectivity index (χ1) is 8.58. The molecule has 1 aromatic carbocycles. The van der Waals surface area contributed by atoms with E-state index in [1.54, 1.807) is 12.1 Å². The standard InChI is InChI=1S/C13H15ClFNOS/c1-8(13(17)16-9-5-6-9)18-7-10-11(14)3-2-4-12(10)15/h2-4,8-9H,5-7H2,1H3,(H,16,17)/t8-/m1/s1. The first kappa shape index (κ1) is 13.7. The van der Waals surface area contributed by atoms with Gasteiger partial charge in [-0.15, -0.1) is 11.8 Å². The molecule has 1 amide bonds. The topological polar surface area (TPSA) is 29.1 Å². The van der Waals surface area contributed by atoms with Crippen molar-refractivity contribution in [2.45, 2.75) is 36.8 Å². The summed E-state index contributed by atoms with van der Waals surface area (Å²) in [6.45, 7) is 1.83. The van der Waals surface area contributed by atoms with Crippen LogP contribution in [-0.2, 0) is 10.5 Å². The molecule has 18 heavy (non-hydrogen) atoms. The molecule has 1 aliphatic carbocycles. The number of amides is 1. The summed E-state index contributed by atoms with van der Waals surface area (Å²) in [7, 11) is 0. The third-order valence-corrected chi connectivity index (χ3v) is 4.36. The molecule has 1 atom stereocenters. The van der Waals surface area contributed by atoms with Gasteiger partial charge in [0.15, 0.2) is 0 Å². The van der Waals surface area contributed by atoms with Crippen LogP contribution in [0.5, 0.6) is 0 Å². The second-order valence-corrected chi connectivity index (χ2v) is 6.17. The van der Waals surface area contributed by atoms with Crippen molar-refractivity contribution in [2.24, 2.45) is 0 Å². The van der Waals surface area contributed by atoms with E-state index in [9.17, 15) is 9.18 Å². The minimum atomic E-state index is -0.315. The molecule has 0 saturated heterocycles. The second kappa shape index (κ2) is 5.93. The molecule has 1 N–H and O–H groups in total. The summed E-state index contributed by atoms with van der Waals surface area (Å²) in [5.74, 6) is 0.116. The lowest BCUT2D eigenvalue weighted by Crippen LogP contribution is -2.32. The fourth-order valence-electron chi connectivity index (χ4n) is 1.50. The Balaban J connectivity index is 1.88. The number of carbonyl (C=O) groups excluding carboxylic acids is 1. The smallest absolute Gasteiger partial charge is 0.233 e. The lowest BCUT2D eigenvalue weighted by Gasteiger charge is -2.12. The van der Waals surface area contributed by atoms with E-state index in [2.05, 4.69) is 5.32 Å². The Hall–Kier alpha value is -0.740. The Labute approximate surface area is 115 Å². The molecule has 1 aliphatic rings. The van der Waals surface area contributed by atoms with Crippen LogP contribution in [-0.4, -0.2) is 17.2 Å². The number of nitrogens with one attached hydrogen (secondary N) is 1. The summed E-state index contributed by atoms with van der Waals surface area (Å²) in [5.41, 5.74) is 0.468. The first-order valence-corrected chi connectivity index (χ1v) is 7.35. The molecule has 0 heterocycles. The highest BCUT2D eigenvalue weighted by Gasteiger charge is 2.25. The number of halogens is 2. The molecule has 98 valence electrons. The monoisotopic (exact) mass is 287 g/mol. The minimum absolute atomic E-state index is 0.0231. The van der Waals surface area contributed by atoms with Crippen LogP contribution in [0.2, 0.25) is 5.02 Å². The third-order valence-electron chi connectivity index (χ3n) is 2.83. The second-order valence-electron chi connectivity index (χ2n) is 4.44. The van der Waals surface area contributed by atoms with Gasteiger partial charge in [0.1, 0.15) is 5.82 Å². The van der Waals surface area contributed by atoms with Gasteiger partial charge in [-0.05, 0) is 31.9 Å². The molecule has 5 heteroatoms. The van der Waals surface area contributed by atoms with Gasteiger partial charge in [0.05, 0.1) is 5.25 Å². The lowest BCUT2D eigenvalue weighted by molar-refractivity contribution is -0.120. The van der Waals surface area contributed by atoms with Crippen LogP contribution in [0.25, 0.3) is 0 Å². The SMILES string of the molecule is C[C@@H](SCc1c(F)cccc1Cl)C(=O)NC1CC1. The summed E-state index contributed by atoms with van der Waals surface area (Å²) in [6.07, 6.45) is 2.14. The number of carbonyl (C=O) groups is 1. The molecule has 0 aromatic heterocycles. The molecule has 0 spiro atoms. The van der Waals surface area contributed by atoms with Gasteiger partial charge in [-0.3, -0.25) is 4.79 Å². The predicted molar refractivity (Wildman–Crippen MR) is 73.3 cm³/mol. The molecule has 0 radical (unpaired) electrons. The largest absolute Gasteiger partial charge is 0.352 e. The highest BCUT2D eigenvalue weighted by molar-refractivity contribution is 7.99. The maximum atomic E-state index is 13.5. The Kier molecular flexibility index (Phi) is 4.51. The fraction of sp³-hybridized carbons (Fsp3) is 0.462. The van der Waals surface area contributed by atoms with Crippen molar-refractivity contribution in [3.8, 4) is 0 Å². The molecule has 0 aliphatic heterocycles. The van der Waals surface area contributed by atoms with E-state index in [1.165, 1.54) is 17.8 Å². The molecule has 0 bridgehead atoms. The summed E-state index contributed by atoms with van der Waals surface area (Å²) in [6, 6.07) is 4.99. The molecular formula is C13H15ClFNOS. The molecule has 1 aromatic rings.